The molecule has 4 rings (SSSR count). The molecule has 0 radical (unpaired) electrons. The average Bonchev–Trinajstić information content (AvgIpc) is 3.00. The van der Waals surface area contributed by atoms with Crippen molar-refractivity contribution in [1.29, 1.82) is 0 Å². The molecule has 3 N–H and O–H groups in total. The molecular formula is C34H41F2N5O2. The molecule has 1 aliphatic rings. The lowest BCUT2D eigenvalue weighted by Crippen LogP contribution is -2.38. The number of pyridine rings is 2. The third-order valence-electron chi connectivity index (χ3n) is 7.99. The number of halogens is 2. The number of carbonyl (C=O) groups is 2. The summed E-state index contributed by atoms with van der Waals surface area (Å²) in [5.74, 6) is -3.13. The first-order chi connectivity index (χ1) is 20.6. The Morgan fingerprint density at radius 3 is 2.51 bits per heavy atom. The summed E-state index contributed by atoms with van der Waals surface area (Å²) < 4.78 is 27.1. The van der Waals surface area contributed by atoms with Crippen molar-refractivity contribution in [3.63, 3.8) is 0 Å². The molecule has 0 saturated carbocycles. The molecule has 3 aromatic rings. The number of nitrogens with two attached hydrogens (primary N) is 1. The fourth-order valence-corrected chi connectivity index (χ4v) is 5.23. The first-order valence-corrected chi connectivity index (χ1v) is 15.0. The molecule has 228 valence electrons. The van der Waals surface area contributed by atoms with Crippen LogP contribution in [0.5, 0.6) is 0 Å². The van der Waals surface area contributed by atoms with Gasteiger partial charge in [-0.2, -0.15) is 0 Å². The maximum absolute atomic E-state index is 13.5. The van der Waals surface area contributed by atoms with E-state index in [-0.39, 0.29) is 30.1 Å². The molecule has 0 unspecified atom stereocenters. The van der Waals surface area contributed by atoms with Gasteiger partial charge in [-0.3, -0.25) is 24.5 Å². The number of hydrogen-bond donors (Lipinski definition) is 2. The van der Waals surface area contributed by atoms with E-state index in [1.165, 1.54) is 12.6 Å². The van der Waals surface area contributed by atoms with E-state index in [0.717, 1.165) is 42.4 Å². The van der Waals surface area contributed by atoms with Gasteiger partial charge in [0.25, 0.3) is 11.8 Å². The molecule has 2 aromatic heterocycles. The number of benzene rings is 1. The summed E-state index contributed by atoms with van der Waals surface area (Å²) in [6.07, 6.45) is 9.96. The van der Waals surface area contributed by atoms with Crippen LogP contribution in [0.2, 0.25) is 0 Å². The standard InChI is InChI=1S/C34H41F2N5O2/c1-4-5-6-7-8-23(2)32(42)31-12-10-28(21-39-31)40-33(43)24(3)29-18-26(9-11-30(29)37)27-17-25(19-38-20-27)22-41-15-13-34(35,36)14-16-41/h9-12,17-21,23H,3-8,13-16,22,37H2,1-2H3,(H,40,43)/t23-/m1/s1. The Balaban J connectivity index is 1.39. The second-order valence-electron chi connectivity index (χ2n) is 11.5. The topological polar surface area (TPSA) is 101 Å². The Kier molecular flexibility index (Phi) is 10.7. The molecule has 1 saturated heterocycles. The van der Waals surface area contributed by atoms with Gasteiger partial charge >= 0.3 is 0 Å². The number of nitrogens with zero attached hydrogens (tertiary/aromatic N) is 3. The average molecular weight is 590 g/mol. The predicted molar refractivity (Wildman–Crippen MR) is 168 cm³/mol. The smallest absolute Gasteiger partial charge is 0.255 e. The fraction of sp³-hybridized carbons (Fsp3) is 0.412. The lowest BCUT2D eigenvalue weighted by Gasteiger charge is -2.31. The number of hydrogen-bond acceptors (Lipinski definition) is 6. The zero-order valence-electron chi connectivity index (χ0n) is 25.0. The number of anilines is 2. The highest BCUT2D eigenvalue weighted by Crippen LogP contribution is 2.31. The van der Waals surface area contributed by atoms with Crippen LogP contribution >= 0.6 is 0 Å². The highest BCUT2D eigenvalue weighted by molar-refractivity contribution is 6.25. The van der Waals surface area contributed by atoms with Gasteiger partial charge < -0.3 is 11.1 Å². The number of carbonyl (C=O) groups excluding carboxylic acids is 2. The molecule has 1 fully saturated rings. The Bertz CT molecular complexity index is 1430. The number of unbranched alkanes of at least 4 members (excludes halogenated alkanes) is 3. The molecule has 1 atom stereocenters. The first-order valence-electron chi connectivity index (χ1n) is 15.0. The maximum Gasteiger partial charge on any atom is 0.255 e. The van der Waals surface area contributed by atoms with Crippen molar-refractivity contribution in [3.05, 3.63) is 78.4 Å². The van der Waals surface area contributed by atoms with Crippen LogP contribution in [0.1, 0.15) is 80.4 Å². The number of piperidine rings is 1. The Morgan fingerprint density at radius 1 is 1.05 bits per heavy atom. The number of aromatic nitrogens is 2. The number of nitrogen functional groups attached to an aromatic ring is 1. The van der Waals surface area contributed by atoms with Gasteiger partial charge in [-0.25, -0.2) is 8.78 Å². The number of amides is 1. The lowest BCUT2D eigenvalue weighted by molar-refractivity contribution is -0.111. The van der Waals surface area contributed by atoms with Crippen LogP contribution in [0.15, 0.2) is 61.6 Å². The second kappa shape index (κ2) is 14.5. The van der Waals surface area contributed by atoms with Crippen molar-refractivity contribution in [2.24, 2.45) is 5.92 Å². The summed E-state index contributed by atoms with van der Waals surface area (Å²) in [5.41, 5.74) is 10.6. The van der Waals surface area contributed by atoms with Crippen molar-refractivity contribution >= 4 is 28.6 Å². The van der Waals surface area contributed by atoms with E-state index < -0.39 is 11.8 Å². The van der Waals surface area contributed by atoms with Crippen LogP contribution in [-0.2, 0) is 11.3 Å². The van der Waals surface area contributed by atoms with Gasteiger partial charge in [0, 0.05) is 73.2 Å². The van der Waals surface area contributed by atoms with Gasteiger partial charge in [-0.15, -0.1) is 0 Å². The second-order valence-corrected chi connectivity index (χ2v) is 11.5. The van der Waals surface area contributed by atoms with Crippen molar-refractivity contribution in [3.8, 4) is 11.1 Å². The number of alkyl halides is 2. The largest absolute Gasteiger partial charge is 0.398 e. The van der Waals surface area contributed by atoms with Crippen LogP contribution in [-0.4, -0.2) is 45.6 Å². The van der Waals surface area contributed by atoms with Crippen molar-refractivity contribution in [2.75, 3.05) is 24.1 Å². The minimum absolute atomic E-state index is 0.000547. The minimum Gasteiger partial charge on any atom is -0.398 e. The molecule has 3 heterocycles. The normalized spacial score (nSPS) is 15.5. The van der Waals surface area contributed by atoms with E-state index in [4.69, 9.17) is 5.73 Å². The number of nitrogens with one attached hydrogen (secondary N) is 1. The third kappa shape index (κ3) is 8.76. The van der Waals surface area contributed by atoms with Gasteiger partial charge in [0.15, 0.2) is 5.78 Å². The molecule has 1 aromatic carbocycles. The summed E-state index contributed by atoms with van der Waals surface area (Å²) in [4.78, 5) is 36.5. The fourth-order valence-electron chi connectivity index (χ4n) is 5.23. The maximum atomic E-state index is 13.5. The SMILES string of the molecule is C=C(C(=O)Nc1ccc(C(=O)[C@H](C)CCCCCC)nc1)c1cc(-c2cncc(CN3CCC(F)(F)CC3)c2)ccc1N. The Labute approximate surface area is 252 Å². The zero-order valence-corrected chi connectivity index (χ0v) is 25.0. The summed E-state index contributed by atoms with van der Waals surface area (Å²) in [6.45, 7) is 9.28. The lowest BCUT2D eigenvalue weighted by atomic mass is 9.96. The molecule has 0 aliphatic carbocycles. The molecule has 43 heavy (non-hydrogen) atoms. The summed E-state index contributed by atoms with van der Waals surface area (Å²) >= 11 is 0. The monoisotopic (exact) mass is 589 g/mol. The van der Waals surface area contributed by atoms with Crippen LogP contribution in [0.3, 0.4) is 0 Å². The van der Waals surface area contributed by atoms with E-state index in [9.17, 15) is 18.4 Å². The van der Waals surface area contributed by atoms with Crippen molar-refractivity contribution < 1.29 is 18.4 Å². The molecule has 9 heteroatoms. The first kappa shape index (κ1) is 31.9. The van der Waals surface area contributed by atoms with Crippen molar-refractivity contribution in [2.45, 2.75) is 71.3 Å². The summed E-state index contributed by atoms with van der Waals surface area (Å²) in [7, 11) is 0. The molecule has 1 aliphatic heterocycles. The molecule has 1 amide bonds. The van der Waals surface area contributed by atoms with Crippen LogP contribution < -0.4 is 11.1 Å². The number of ketones is 1. The van der Waals surface area contributed by atoms with Gasteiger partial charge in [-0.1, -0.05) is 52.2 Å². The van der Waals surface area contributed by atoms with E-state index in [2.05, 4.69) is 28.8 Å². The zero-order chi connectivity index (χ0) is 31.0. The molecule has 0 spiro atoms. The van der Waals surface area contributed by atoms with Gasteiger partial charge in [0.2, 0.25) is 0 Å². The van der Waals surface area contributed by atoms with Crippen LogP contribution in [0.25, 0.3) is 16.7 Å². The van der Waals surface area contributed by atoms with E-state index in [1.54, 1.807) is 36.7 Å². The van der Waals surface area contributed by atoms with Crippen LogP contribution in [0, 0.1) is 5.92 Å². The molecular weight excluding hydrogens is 548 g/mol. The van der Waals surface area contributed by atoms with Gasteiger partial charge in [-0.05, 0) is 47.9 Å². The Hall–Kier alpha value is -3.98. The number of rotatable bonds is 13. The molecule has 7 nitrogen and oxygen atoms in total. The van der Waals surface area contributed by atoms with Gasteiger partial charge in [0.05, 0.1) is 11.9 Å². The Morgan fingerprint density at radius 2 is 1.81 bits per heavy atom. The third-order valence-corrected chi connectivity index (χ3v) is 7.99. The molecule has 0 bridgehead atoms. The highest BCUT2D eigenvalue weighted by Gasteiger charge is 2.33. The summed E-state index contributed by atoms with van der Waals surface area (Å²) in [5, 5.41) is 2.79. The van der Waals surface area contributed by atoms with E-state index in [1.807, 2.05) is 24.0 Å². The van der Waals surface area contributed by atoms with E-state index >= 15 is 0 Å². The number of Topliss-reactive ketones (excluding diaryl/α,β-unsaturated/α-hetero) is 1. The minimum atomic E-state index is -2.59. The van der Waals surface area contributed by atoms with Gasteiger partial charge in [0.1, 0.15) is 5.69 Å². The van der Waals surface area contributed by atoms with Crippen molar-refractivity contribution in [1.82, 2.24) is 14.9 Å². The quantitative estimate of drug-likeness (QED) is 0.0933. The predicted octanol–water partition coefficient (Wildman–Crippen LogP) is 7.40. The van der Waals surface area contributed by atoms with Crippen LogP contribution in [0.4, 0.5) is 20.2 Å². The van der Waals surface area contributed by atoms with E-state index in [0.29, 0.717) is 42.3 Å². The summed E-state index contributed by atoms with van der Waals surface area (Å²) in [6, 6.07) is 10.6. The number of likely N-dealkylation sites (tertiary alicyclic amines) is 1. The highest BCUT2D eigenvalue weighted by atomic mass is 19.3.